The number of imide groups is 1. The van der Waals surface area contributed by atoms with E-state index in [-0.39, 0.29) is 5.91 Å². The van der Waals surface area contributed by atoms with Crippen LogP contribution in [0.3, 0.4) is 0 Å². The van der Waals surface area contributed by atoms with Crippen LogP contribution < -0.4 is 10.6 Å². The maximum absolute atomic E-state index is 12.4. The second-order valence-corrected chi connectivity index (χ2v) is 6.43. The molecule has 0 spiro atoms. The fourth-order valence-electron chi connectivity index (χ4n) is 2.70. The minimum Gasteiger partial charge on any atom is -0.453 e. The number of hydrogen-bond donors (Lipinski definition) is 2. The van der Waals surface area contributed by atoms with Crippen molar-refractivity contribution in [1.82, 2.24) is 5.32 Å². The molecule has 0 bridgehead atoms. The lowest BCUT2D eigenvalue weighted by atomic mass is 10.1. The number of alkyl carbamates (subject to hydrolysis) is 1. The van der Waals surface area contributed by atoms with Crippen molar-refractivity contribution < 1.29 is 19.1 Å². The van der Waals surface area contributed by atoms with Crippen LogP contribution in [0.25, 0.3) is 0 Å². The summed E-state index contributed by atoms with van der Waals surface area (Å²) < 4.78 is 4.47. The van der Waals surface area contributed by atoms with E-state index in [9.17, 15) is 14.4 Å². The number of carbonyl (C=O) groups is 3. The zero-order valence-corrected chi connectivity index (χ0v) is 13.9. The van der Waals surface area contributed by atoms with Gasteiger partial charge in [-0.25, -0.2) is 4.79 Å². The predicted octanol–water partition coefficient (Wildman–Crippen LogP) is 2.99. The number of methoxy groups -OCH3 is 1. The third-order valence-electron chi connectivity index (χ3n) is 3.81. The molecule has 1 aromatic carbocycles. The number of hydrogen-bond acceptors (Lipinski definition) is 5. The van der Waals surface area contributed by atoms with Gasteiger partial charge in [-0.15, -0.1) is 11.3 Å². The highest BCUT2D eigenvalue weighted by Gasteiger charge is 2.28. The average molecular weight is 344 g/mol. The quantitative estimate of drug-likeness (QED) is 0.896. The summed E-state index contributed by atoms with van der Waals surface area (Å²) in [5, 5.41) is 5.43. The van der Waals surface area contributed by atoms with Crippen molar-refractivity contribution in [1.29, 1.82) is 0 Å². The Kier molecular flexibility index (Phi) is 4.61. The van der Waals surface area contributed by atoms with Crippen LogP contribution in [-0.2, 0) is 17.6 Å². The van der Waals surface area contributed by atoms with Gasteiger partial charge in [-0.1, -0.05) is 18.2 Å². The van der Waals surface area contributed by atoms with Gasteiger partial charge in [0.15, 0.2) is 0 Å². The number of rotatable bonds is 3. The van der Waals surface area contributed by atoms with Gasteiger partial charge in [0.25, 0.3) is 11.8 Å². The van der Waals surface area contributed by atoms with Gasteiger partial charge in [-0.3, -0.25) is 14.9 Å². The van der Waals surface area contributed by atoms with Crippen LogP contribution in [0.2, 0.25) is 0 Å². The highest BCUT2D eigenvalue weighted by molar-refractivity contribution is 7.17. The highest BCUT2D eigenvalue weighted by atomic mass is 32.1. The van der Waals surface area contributed by atoms with Gasteiger partial charge in [0.2, 0.25) is 0 Å². The molecule has 0 saturated heterocycles. The molecule has 124 valence electrons. The first-order valence-corrected chi connectivity index (χ1v) is 8.32. The van der Waals surface area contributed by atoms with Crippen molar-refractivity contribution in [3.8, 4) is 0 Å². The third-order valence-corrected chi connectivity index (χ3v) is 5.02. The first-order valence-electron chi connectivity index (χ1n) is 7.50. The third kappa shape index (κ3) is 3.16. The summed E-state index contributed by atoms with van der Waals surface area (Å²) in [6, 6.07) is 8.77. The topological polar surface area (TPSA) is 84.5 Å². The maximum atomic E-state index is 12.4. The Morgan fingerprint density at radius 2 is 1.83 bits per heavy atom. The molecule has 0 radical (unpaired) electrons. The normalized spacial score (nSPS) is 12.4. The highest BCUT2D eigenvalue weighted by Crippen LogP contribution is 2.39. The summed E-state index contributed by atoms with van der Waals surface area (Å²) in [7, 11) is 1.19. The molecule has 3 rings (SSSR count). The molecule has 0 aliphatic heterocycles. The van der Waals surface area contributed by atoms with Crippen LogP contribution in [0.5, 0.6) is 0 Å². The van der Waals surface area contributed by atoms with E-state index in [0.717, 1.165) is 29.7 Å². The Bertz CT molecular complexity index is 798. The molecular formula is C17H16N2O4S. The van der Waals surface area contributed by atoms with Crippen molar-refractivity contribution >= 4 is 34.2 Å². The van der Waals surface area contributed by atoms with Crippen molar-refractivity contribution in [2.45, 2.75) is 19.3 Å². The van der Waals surface area contributed by atoms with Gasteiger partial charge < -0.3 is 10.1 Å². The first-order chi connectivity index (χ1) is 11.6. The molecule has 6 nitrogen and oxygen atoms in total. The SMILES string of the molecule is COC(=O)NC(=O)c1c(NC(=O)c2ccccc2)sc2c1CCC2. The number of thiophene rings is 1. The molecule has 0 unspecified atom stereocenters. The van der Waals surface area contributed by atoms with Crippen LogP contribution >= 0.6 is 11.3 Å². The average Bonchev–Trinajstić information content (AvgIpc) is 3.15. The van der Waals surface area contributed by atoms with E-state index in [1.165, 1.54) is 18.4 Å². The van der Waals surface area contributed by atoms with E-state index in [1.54, 1.807) is 24.3 Å². The van der Waals surface area contributed by atoms with E-state index < -0.39 is 12.0 Å². The second kappa shape index (κ2) is 6.84. The minimum absolute atomic E-state index is 0.289. The fourth-order valence-corrected chi connectivity index (χ4v) is 3.99. The van der Waals surface area contributed by atoms with Crippen LogP contribution in [0.1, 0.15) is 37.6 Å². The zero-order chi connectivity index (χ0) is 17.1. The van der Waals surface area contributed by atoms with Gasteiger partial charge in [0.05, 0.1) is 12.7 Å². The molecule has 2 aromatic rings. The molecule has 24 heavy (non-hydrogen) atoms. The molecule has 3 amide bonds. The van der Waals surface area contributed by atoms with Gasteiger partial charge in [0, 0.05) is 10.4 Å². The Balaban J connectivity index is 1.89. The Labute approximate surface area is 142 Å². The molecule has 1 aromatic heterocycles. The Morgan fingerprint density at radius 1 is 1.08 bits per heavy atom. The number of amides is 3. The molecule has 1 aliphatic carbocycles. The van der Waals surface area contributed by atoms with Gasteiger partial charge in [-0.05, 0) is 37.0 Å². The lowest BCUT2D eigenvalue weighted by molar-refractivity contribution is 0.0937. The van der Waals surface area contributed by atoms with Crippen molar-refractivity contribution in [2.24, 2.45) is 0 Å². The largest absolute Gasteiger partial charge is 0.453 e. The van der Waals surface area contributed by atoms with E-state index >= 15 is 0 Å². The summed E-state index contributed by atoms with van der Waals surface area (Å²) in [6.07, 6.45) is 1.78. The predicted molar refractivity (Wildman–Crippen MR) is 90.6 cm³/mol. The molecule has 2 N–H and O–H groups in total. The van der Waals surface area contributed by atoms with Crippen molar-refractivity contribution in [3.63, 3.8) is 0 Å². The van der Waals surface area contributed by atoms with Gasteiger partial charge in [-0.2, -0.15) is 0 Å². The van der Waals surface area contributed by atoms with Crippen LogP contribution in [0.4, 0.5) is 9.80 Å². The summed E-state index contributed by atoms with van der Waals surface area (Å²) in [5.41, 5.74) is 1.78. The molecule has 0 fully saturated rings. The monoisotopic (exact) mass is 344 g/mol. The van der Waals surface area contributed by atoms with Crippen molar-refractivity contribution in [3.05, 3.63) is 51.9 Å². The molecule has 7 heteroatoms. The number of nitrogens with one attached hydrogen (secondary N) is 2. The van der Waals surface area contributed by atoms with E-state index in [1.807, 2.05) is 6.07 Å². The fraction of sp³-hybridized carbons (Fsp3) is 0.235. The molecule has 1 heterocycles. The van der Waals surface area contributed by atoms with Crippen LogP contribution in [0, 0.1) is 0 Å². The Hall–Kier alpha value is -2.67. The summed E-state index contributed by atoms with van der Waals surface area (Å²) >= 11 is 1.39. The number of carbonyl (C=O) groups excluding carboxylic acids is 3. The standard InChI is InChI=1S/C17H16N2O4S/c1-23-17(22)19-15(21)13-11-8-5-9-12(11)24-16(13)18-14(20)10-6-3-2-4-7-10/h2-4,6-7H,5,8-9H2,1H3,(H,18,20)(H,19,21,22). The summed E-state index contributed by atoms with van der Waals surface area (Å²) in [5.74, 6) is -0.841. The molecule has 0 saturated carbocycles. The lowest BCUT2D eigenvalue weighted by Gasteiger charge is -2.08. The van der Waals surface area contributed by atoms with Crippen LogP contribution in [0.15, 0.2) is 30.3 Å². The molecular weight excluding hydrogens is 328 g/mol. The number of fused-ring (bicyclic) bond motifs is 1. The molecule has 1 aliphatic rings. The van der Waals surface area contributed by atoms with E-state index in [0.29, 0.717) is 16.1 Å². The first kappa shape index (κ1) is 16.2. The summed E-state index contributed by atoms with van der Waals surface area (Å²) in [6.45, 7) is 0. The maximum Gasteiger partial charge on any atom is 0.413 e. The Morgan fingerprint density at radius 3 is 2.54 bits per heavy atom. The number of anilines is 1. The van der Waals surface area contributed by atoms with Crippen LogP contribution in [-0.4, -0.2) is 25.0 Å². The van der Waals surface area contributed by atoms with Gasteiger partial charge in [0.1, 0.15) is 5.00 Å². The number of aryl methyl sites for hydroxylation is 1. The smallest absolute Gasteiger partial charge is 0.413 e. The lowest BCUT2D eigenvalue weighted by Crippen LogP contribution is -2.31. The minimum atomic E-state index is -0.821. The van der Waals surface area contributed by atoms with E-state index in [4.69, 9.17) is 0 Å². The second-order valence-electron chi connectivity index (χ2n) is 5.33. The molecule has 0 atom stereocenters. The zero-order valence-electron chi connectivity index (χ0n) is 13.0. The van der Waals surface area contributed by atoms with E-state index in [2.05, 4.69) is 15.4 Å². The van der Waals surface area contributed by atoms with Gasteiger partial charge >= 0.3 is 6.09 Å². The van der Waals surface area contributed by atoms with Crippen molar-refractivity contribution in [2.75, 3.05) is 12.4 Å². The number of ether oxygens (including phenoxy) is 1. The number of benzene rings is 1. The summed E-state index contributed by atoms with van der Waals surface area (Å²) in [4.78, 5) is 37.2.